The summed E-state index contributed by atoms with van der Waals surface area (Å²) in [5.41, 5.74) is 0.704. The lowest BCUT2D eigenvalue weighted by Crippen LogP contribution is -2.38. The standard InChI is InChI=1S/C17H20Cl2N2O2/c18-14-6-5-13(10-15(14)19)21-11-12(9-16(21)22)17(23)20-7-3-1-2-4-8-20/h5-6,10,12H,1-4,7-9,11H2. The first-order valence-corrected chi connectivity index (χ1v) is 8.86. The highest BCUT2D eigenvalue weighted by atomic mass is 35.5. The van der Waals surface area contributed by atoms with Crippen molar-refractivity contribution in [2.75, 3.05) is 24.5 Å². The van der Waals surface area contributed by atoms with Crippen molar-refractivity contribution in [1.29, 1.82) is 0 Å². The second-order valence-electron chi connectivity index (χ2n) is 6.24. The summed E-state index contributed by atoms with van der Waals surface area (Å²) < 4.78 is 0. The Morgan fingerprint density at radius 1 is 1.04 bits per heavy atom. The minimum Gasteiger partial charge on any atom is -0.342 e. The van der Waals surface area contributed by atoms with Gasteiger partial charge in [0.2, 0.25) is 11.8 Å². The fourth-order valence-electron chi connectivity index (χ4n) is 3.32. The van der Waals surface area contributed by atoms with Crippen LogP contribution in [0.25, 0.3) is 0 Å². The molecular weight excluding hydrogens is 335 g/mol. The van der Waals surface area contributed by atoms with E-state index >= 15 is 0 Å². The summed E-state index contributed by atoms with van der Waals surface area (Å²) in [6.45, 7) is 2.05. The van der Waals surface area contributed by atoms with Crippen LogP contribution in [0.1, 0.15) is 32.1 Å². The van der Waals surface area contributed by atoms with Crippen molar-refractivity contribution in [2.24, 2.45) is 5.92 Å². The number of carbonyl (C=O) groups is 2. The van der Waals surface area contributed by atoms with Gasteiger partial charge in [0.25, 0.3) is 0 Å². The van der Waals surface area contributed by atoms with Gasteiger partial charge in [-0.05, 0) is 31.0 Å². The van der Waals surface area contributed by atoms with Crippen molar-refractivity contribution < 1.29 is 9.59 Å². The zero-order chi connectivity index (χ0) is 16.4. The SMILES string of the molecule is O=C(C1CC(=O)N(c2ccc(Cl)c(Cl)c2)C1)N1CCCCCC1. The third-order valence-electron chi connectivity index (χ3n) is 4.61. The number of nitrogens with zero attached hydrogens (tertiary/aromatic N) is 2. The highest BCUT2D eigenvalue weighted by molar-refractivity contribution is 6.42. The summed E-state index contributed by atoms with van der Waals surface area (Å²) in [4.78, 5) is 28.6. The molecule has 0 spiro atoms. The normalized spacial score (nSPS) is 22.3. The number of halogens is 2. The van der Waals surface area contributed by atoms with E-state index in [0.29, 0.717) is 22.3 Å². The molecule has 1 aromatic rings. The van der Waals surface area contributed by atoms with Crippen LogP contribution >= 0.6 is 23.2 Å². The third kappa shape index (κ3) is 3.64. The van der Waals surface area contributed by atoms with Gasteiger partial charge >= 0.3 is 0 Å². The van der Waals surface area contributed by atoms with Crippen molar-refractivity contribution in [3.63, 3.8) is 0 Å². The minimum atomic E-state index is -0.255. The van der Waals surface area contributed by atoms with Gasteiger partial charge in [-0.3, -0.25) is 9.59 Å². The highest BCUT2D eigenvalue weighted by Crippen LogP contribution is 2.31. The molecule has 2 fully saturated rings. The molecule has 23 heavy (non-hydrogen) atoms. The van der Waals surface area contributed by atoms with Crippen LogP contribution in [0, 0.1) is 5.92 Å². The van der Waals surface area contributed by atoms with E-state index in [4.69, 9.17) is 23.2 Å². The largest absolute Gasteiger partial charge is 0.342 e. The molecule has 0 radical (unpaired) electrons. The van der Waals surface area contributed by atoms with Crippen LogP contribution in [0.15, 0.2) is 18.2 Å². The van der Waals surface area contributed by atoms with Crippen LogP contribution in [0.5, 0.6) is 0 Å². The molecule has 124 valence electrons. The fraction of sp³-hybridized carbons (Fsp3) is 0.529. The zero-order valence-electron chi connectivity index (χ0n) is 12.9. The molecule has 2 saturated heterocycles. The number of anilines is 1. The van der Waals surface area contributed by atoms with Gasteiger partial charge in [0.15, 0.2) is 0 Å². The number of amides is 2. The molecule has 3 rings (SSSR count). The first-order chi connectivity index (χ1) is 11.1. The maximum absolute atomic E-state index is 12.7. The predicted octanol–water partition coefficient (Wildman–Crippen LogP) is 3.75. The lowest BCUT2D eigenvalue weighted by Gasteiger charge is -2.24. The maximum atomic E-state index is 12.7. The first-order valence-electron chi connectivity index (χ1n) is 8.10. The smallest absolute Gasteiger partial charge is 0.228 e. The van der Waals surface area contributed by atoms with Crippen LogP contribution in [0.4, 0.5) is 5.69 Å². The third-order valence-corrected chi connectivity index (χ3v) is 5.35. The second-order valence-corrected chi connectivity index (χ2v) is 7.06. The summed E-state index contributed by atoms with van der Waals surface area (Å²) in [6.07, 6.45) is 4.76. The van der Waals surface area contributed by atoms with Crippen LogP contribution in [-0.2, 0) is 9.59 Å². The van der Waals surface area contributed by atoms with Gasteiger partial charge in [-0.25, -0.2) is 0 Å². The molecule has 0 saturated carbocycles. The van der Waals surface area contributed by atoms with E-state index in [-0.39, 0.29) is 24.2 Å². The van der Waals surface area contributed by atoms with Crippen molar-refractivity contribution in [2.45, 2.75) is 32.1 Å². The number of benzene rings is 1. The van der Waals surface area contributed by atoms with Crippen LogP contribution in [0.3, 0.4) is 0 Å². The van der Waals surface area contributed by atoms with Crippen molar-refractivity contribution >= 4 is 40.7 Å². The van der Waals surface area contributed by atoms with E-state index in [1.807, 2.05) is 4.90 Å². The Morgan fingerprint density at radius 3 is 2.39 bits per heavy atom. The van der Waals surface area contributed by atoms with E-state index in [9.17, 15) is 9.59 Å². The molecule has 0 aliphatic carbocycles. The summed E-state index contributed by atoms with van der Waals surface area (Å²) in [6, 6.07) is 5.13. The maximum Gasteiger partial charge on any atom is 0.228 e. The van der Waals surface area contributed by atoms with Crippen LogP contribution in [-0.4, -0.2) is 36.3 Å². The van der Waals surface area contributed by atoms with Crippen LogP contribution in [0.2, 0.25) is 10.0 Å². The van der Waals surface area contributed by atoms with Crippen molar-refractivity contribution in [3.05, 3.63) is 28.2 Å². The average molecular weight is 355 g/mol. The molecule has 6 heteroatoms. The summed E-state index contributed by atoms with van der Waals surface area (Å²) in [5, 5.41) is 0.874. The number of hydrogen-bond donors (Lipinski definition) is 0. The summed E-state index contributed by atoms with van der Waals surface area (Å²) in [7, 11) is 0. The Hall–Kier alpha value is -1.26. The molecular formula is C17H20Cl2N2O2. The second kappa shape index (κ2) is 7.10. The summed E-state index contributed by atoms with van der Waals surface area (Å²) >= 11 is 12.0. The summed E-state index contributed by atoms with van der Waals surface area (Å²) in [5.74, 6) is -0.172. The molecule has 2 aliphatic rings. The molecule has 0 bridgehead atoms. The van der Waals surface area contributed by atoms with E-state index in [0.717, 1.165) is 25.9 Å². The molecule has 1 aromatic carbocycles. The van der Waals surface area contributed by atoms with Gasteiger partial charge in [0, 0.05) is 31.7 Å². The highest BCUT2D eigenvalue weighted by Gasteiger charge is 2.37. The minimum absolute atomic E-state index is 0.0310. The van der Waals surface area contributed by atoms with Crippen molar-refractivity contribution in [1.82, 2.24) is 4.90 Å². The molecule has 2 aliphatic heterocycles. The molecule has 2 amide bonds. The van der Waals surface area contributed by atoms with Gasteiger partial charge in [0.05, 0.1) is 16.0 Å². The molecule has 0 aromatic heterocycles. The van der Waals surface area contributed by atoms with E-state index in [1.54, 1.807) is 23.1 Å². The Balaban J connectivity index is 1.71. The molecule has 0 N–H and O–H groups in total. The van der Waals surface area contributed by atoms with Crippen LogP contribution < -0.4 is 4.90 Å². The fourth-order valence-corrected chi connectivity index (χ4v) is 3.62. The average Bonchev–Trinajstić information content (AvgIpc) is 2.75. The van der Waals surface area contributed by atoms with Gasteiger partial charge in [-0.2, -0.15) is 0 Å². The quantitative estimate of drug-likeness (QED) is 0.811. The number of hydrogen-bond acceptors (Lipinski definition) is 2. The monoisotopic (exact) mass is 354 g/mol. The van der Waals surface area contributed by atoms with E-state index in [1.165, 1.54) is 12.8 Å². The lowest BCUT2D eigenvalue weighted by molar-refractivity contribution is -0.135. The molecule has 4 nitrogen and oxygen atoms in total. The Bertz CT molecular complexity index is 613. The molecule has 1 unspecified atom stereocenters. The van der Waals surface area contributed by atoms with E-state index in [2.05, 4.69) is 0 Å². The first kappa shape index (κ1) is 16.6. The van der Waals surface area contributed by atoms with Gasteiger partial charge in [-0.15, -0.1) is 0 Å². The van der Waals surface area contributed by atoms with Gasteiger partial charge in [0.1, 0.15) is 0 Å². The van der Waals surface area contributed by atoms with Crippen molar-refractivity contribution in [3.8, 4) is 0 Å². The number of likely N-dealkylation sites (tertiary alicyclic amines) is 1. The molecule has 2 heterocycles. The van der Waals surface area contributed by atoms with E-state index < -0.39 is 0 Å². The van der Waals surface area contributed by atoms with Gasteiger partial charge in [-0.1, -0.05) is 36.0 Å². The Kier molecular flexibility index (Phi) is 5.12. The topological polar surface area (TPSA) is 40.6 Å². The Labute approximate surface area is 146 Å². The van der Waals surface area contributed by atoms with Gasteiger partial charge < -0.3 is 9.80 Å². The zero-order valence-corrected chi connectivity index (χ0v) is 14.4. The predicted molar refractivity (Wildman–Crippen MR) is 92.0 cm³/mol. The molecule has 1 atom stereocenters. The number of carbonyl (C=O) groups excluding carboxylic acids is 2. The Morgan fingerprint density at radius 2 is 1.74 bits per heavy atom. The lowest BCUT2D eigenvalue weighted by atomic mass is 10.1. The number of rotatable bonds is 2.